The van der Waals surface area contributed by atoms with E-state index in [9.17, 15) is 0 Å². The monoisotopic (exact) mass is 566 g/mol. The van der Waals surface area contributed by atoms with Crippen molar-refractivity contribution >= 4 is 49.7 Å². The molecule has 4 aromatic carbocycles. The molecule has 0 saturated carbocycles. The standard InChI is InChI=1S/C26H24P2.CH4S.CH3.Pd/c1-5-13-23(14-6-1)27(24-15-7-2-8-16-24)21-22-28(25-17-9-3-10-18-25)26-19-11-4-12-20-26;1-2;;/h1-20H,21-22H2;2H,1H3;1H3;/q;;-1;+2/p-1. The maximum Gasteiger partial charge on any atom is 2.00 e. The molecule has 0 heterocycles. The molecule has 0 unspecified atom stereocenters. The van der Waals surface area contributed by atoms with E-state index < -0.39 is 0 Å². The Labute approximate surface area is 216 Å². The molecule has 0 aliphatic carbocycles. The molecule has 0 N–H and O–H groups in total. The van der Waals surface area contributed by atoms with Crippen LogP contribution < -0.4 is 21.2 Å². The molecule has 168 valence electrons. The summed E-state index contributed by atoms with van der Waals surface area (Å²) in [5.74, 6) is 0. The van der Waals surface area contributed by atoms with Crippen molar-refractivity contribution < 1.29 is 20.4 Å². The van der Waals surface area contributed by atoms with Crippen LogP contribution in [-0.4, -0.2) is 18.6 Å². The molecule has 0 aromatic heterocycles. The van der Waals surface area contributed by atoms with Crippen LogP contribution in [0, 0.1) is 7.43 Å². The Kier molecular flexibility index (Phi) is 14.7. The van der Waals surface area contributed by atoms with Crippen molar-refractivity contribution in [2.24, 2.45) is 0 Å². The maximum atomic E-state index is 4.08. The molecule has 4 heteroatoms. The predicted octanol–water partition coefficient (Wildman–Crippen LogP) is 5.86. The Morgan fingerprint density at radius 3 is 0.812 bits per heavy atom. The molecule has 0 amide bonds. The summed E-state index contributed by atoms with van der Waals surface area (Å²) in [5, 5.41) is 5.89. The van der Waals surface area contributed by atoms with Gasteiger partial charge in [0.2, 0.25) is 0 Å². The molecule has 32 heavy (non-hydrogen) atoms. The number of hydrogen-bond acceptors (Lipinski definition) is 1. The second kappa shape index (κ2) is 16.4. The molecule has 0 spiro atoms. The second-order valence-electron chi connectivity index (χ2n) is 6.65. The van der Waals surface area contributed by atoms with Crippen LogP contribution in [0.3, 0.4) is 0 Å². The minimum absolute atomic E-state index is 0. The van der Waals surface area contributed by atoms with Crippen LogP contribution >= 0.6 is 15.8 Å². The summed E-state index contributed by atoms with van der Waals surface area (Å²) in [6.07, 6.45) is 4.00. The first-order valence-electron chi connectivity index (χ1n) is 10.1. The van der Waals surface area contributed by atoms with E-state index in [-0.39, 0.29) is 43.7 Å². The van der Waals surface area contributed by atoms with Gasteiger partial charge in [-0.05, 0) is 49.4 Å². The van der Waals surface area contributed by atoms with Crippen molar-refractivity contribution in [2.75, 3.05) is 18.6 Å². The van der Waals surface area contributed by atoms with Gasteiger partial charge in [0.25, 0.3) is 0 Å². The van der Waals surface area contributed by atoms with E-state index in [1.54, 1.807) is 6.26 Å². The molecule has 0 fully saturated rings. The van der Waals surface area contributed by atoms with E-state index in [0.29, 0.717) is 0 Å². The first kappa shape index (κ1) is 28.8. The SMILES string of the molecule is C[S-].[CH3-].[Pd+2].c1ccc(P(CCP(c2ccccc2)c2ccccc2)c2ccccc2)cc1. The van der Waals surface area contributed by atoms with Crippen LogP contribution in [0.2, 0.25) is 0 Å². The maximum absolute atomic E-state index is 4.08. The molecule has 0 atom stereocenters. The summed E-state index contributed by atoms with van der Waals surface area (Å²) >= 11 is 4.08. The van der Waals surface area contributed by atoms with Crippen molar-refractivity contribution in [2.45, 2.75) is 0 Å². The third kappa shape index (κ3) is 8.27. The average molecular weight is 567 g/mol. The van der Waals surface area contributed by atoms with Gasteiger partial charge in [-0.2, -0.15) is 6.26 Å². The minimum Gasteiger partial charge on any atom is -0.796 e. The van der Waals surface area contributed by atoms with Crippen LogP contribution in [0.5, 0.6) is 0 Å². The topological polar surface area (TPSA) is 0 Å². The largest absolute Gasteiger partial charge is 2.00 e. The van der Waals surface area contributed by atoms with Gasteiger partial charge in [-0.15, -0.1) is 0 Å². The summed E-state index contributed by atoms with van der Waals surface area (Å²) < 4.78 is 0. The van der Waals surface area contributed by atoms with Gasteiger partial charge < -0.3 is 20.1 Å². The zero-order valence-corrected chi connectivity index (χ0v) is 22.7. The van der Waals surface area contributed by atoms with E-state index in [1.807, 2.05) is 0 Å². The molecule has 0 bridgehead atoms. The van der Waals surface area contributed by atoms with Crippen molar-refractivity contribution in [3.8, 4) is 0 Å². The van der Waals surface area contributed by atoms with Gasteiger partial charge in [0.05, 0.1) is 0 Å². The number of rotatable bonds is 7. The molecule has 0 nitrogen and oxygen atoms in total. The van der Waals surface area contributed by atoms with E-state index in [1.165, 1.54) is 33.5 Å². The molecular weight excluding hydrogens is 537 g/mol. The van der Waals surface area contributed by atoms with Gasteiger partial charge in [0, 0.05) is 0 Å². The molecular formula is C28H30P2PdS. The summed E-state index contributed by atoms with van der Waals surface area (Å²) in [4.78, 5) is 0. The summed E-state index contributed by atoms with van der Waals surface area (Å²) in [6.45, 7) is 0. The fraction of sp³-hybridized carbons (Fsp3) is 0.107. The Morgan fingerprint density at radius 1 is 0.438 bits per heavy atom. The van der Waals surface area contributed by atoms with Crippen LogP contribution in [0.4, 0.5) is 0 Å². The van der Waals surface area contributed by atoms with Crippen LogP contribution in [0.1, 0.15) is 0 Å². The number of benzene rings is 4. The number of hydrogen-bond donors (Lipinski definition) is 0. The first-order chi connectivity index (χ1) is 14.9. The average Bonchev–Trinajstić information content (AvgIpc) is 2.85. The van der Waals surface area contributed by atoms with Crippen LogP contribution in [0.15, 0.2) is 121 Å². The van der Waals surface area contributed by atoms with Gasteiger partial charge in [-0.1, -0.05) is 121 Å². The van der Waals surface area contributed by atoms with Gasteiger partial charge >= 0.3 is 20.4 Å². The second-order valence-corrected chi connectivity index (χ2v) is 11.3. The van der Waals surface area contributed by atoms with Crippen molar-refractivity contribution in [3.05, 3.63) is 129 Å². The van der Waals surface area contributed by atoms with Gasteiger partial charge in [0.1, 0.15) is 0 Å². The Bertz CT molecular complexity index is 805. The van der Waals surface area contributed by atoms with Crippen molar-refractivity contribution in [1.82, 2.24) is 0 Å². The normalized spacial score (nSPS) is 9.88. The zero-order valence-electron chi connectivity index (χ0n) is 18.6. The van der Waals surface area contributed by atoms with Crippen LogP contribution in [-0.2, 0) is 33.1 Å². The molecule has 0 aliphatic rings. The van der Waals surface area contributed by atoms with E-state index >= 15 is 0 Å². The minimum atomic E-state index is -0.348. The summed E-state index contributed by atoms with van der Waals surface area (Å²) in [5.41, 5.74) is 0. The molecule has 0 saturated heterocycles. The van der Waals surface area contributed by atoms with E-state index in [0.717, 1.165) is 0 Å². The zero-order chi connectivity index (χ0) is 21.0. The van der Waals surface area contributed by atoms with Gasteiger partial charge in [0.15, 0.2) is 0 Å². The fourth-order valence-electron chi connectivity index (χ4n) is 3.45. The van der Waals surface area contributed by atoms with Crippen LogP contribution in [0.25, 0.3) is 0 Å². The summed E-state index contributed by atoms with van der Waals surface area (Å²) in [6, 6.07) is 44.2. The summed E-state index contributed by atoms with van der Waals surface area (Å²) in [7, 11) is -0.696. The van der Waals surface area contributed by atoms with Crippen molar-refractivity contribution in [1.29, 1.82) is 0 Å². The Balaban J connectivity index is 0.00000125. The van der Waals surface area contributed by atoms with Gasteiger partial charge in [-0.25, -0.2) is 0 Å². The fourth-order valence-corrected chi connectivity index (χ4v) is 8.80. The van der Waals surface area contributed by atoms with E-state index in [2.05, 4.69) is 134 Å². The molecule has 0 aliphatic heterocycles. The Hall–Kier alpha value is -1.25. The van der Waals surface area contributed by atoms with E-state index in [4.69, 9.17) is 0 Å². The van der Waals surface area contributed by atoms with Gasteiger partial charge in [-0.3, -0.25) is 0 Å². The molecule has 4 aromatic rings. The smallest absolute Gasteiger partial charge is 0.796 e. The first-order valence-corrected chi connectivity index (χ1v) is 13.9. The Morgan fingerprint density at radius 2 is 0.625 bits per heavy atom. The molecule has 0 radical (unpaired) electrons. The molecule has 4 rings (SSSR count). The third-order valence-corrected chi connectivity index (χ3v) is 10.2. The predicted molar refractivity (Wildman–Crippen MR) is 148 cm³/mol. The quantitative estimate of drug-likeness (QED) is 0.117. The van der Waals surface area contributed by atoms with Crippen molar-refractivity contribution in [3.63, 3.8) is 0 Å². The third-order valence-electron chi connectivity index (χ3n) is 4.82.